The van der Waals surface area contributed by atoms with Crippen molar-refractivity contribution in [3.8, 4) is 5.69 Å². The van der Waals surface area contributed by atoms with Crippen molar-refractivity contribution in [1.29, 1.82) is 0 Å². The second-order valence-corrected chi connectivity index (χ2v) is 9.95. The van der Waals surface area contributed by atoms with E-state index in [1.54, 1.807) is 0 Å². The molecule has 2 aromatic carbocycles. The Labute approximate surface area is 200 Å². The van der Waals surface area contributed by atoms with Crippen LogP contribution in [0.3, 0.4) is 0 Å². The van der Waals surface area contributed by atoms with Crippen molar-refractivity contribution >= 4 is 11.8 Å². The highest BCUT2D eigenvalue weighted by Crippen LogP contribution is 2.52. The first-order valence-electron chi connectivity index (χ1n) is 12.4. The molecule has 2 fully saturated rings. The maximum atomic E-state index is 14.0. The van der Waals surface area contributed by atoms with Crippen LogP contribution in [0.5, 0.6) is 0 Å². The van der Waals surface area contributed by atoms with E-state index >= 15 is 0 Å². The van der Waals surface area contributed by atoms with E-state index in [1.807, 2.05) is 78.0 Å². The number of carbonyl (C=O) groups is 2. The summed E-state index contributed by atoms with van der Waals surface area (Å²) in [7, 11) is 0. The molecule has 6 rings (SSSR count). The van der Waals surface area contributed by atoms with Gasteiger partial charge in [0.1, 0.15) is 5.69 Å². The molecule has 6 nitrogen and oxygen atoms in total. The second kappa shape index (κ2) is 8.12. The number of hydrogen-bond acceptors (Lipinski definition) is 3. The number of piperidine rings is 1. The summed E-state index contributed by atoms with van der Waals surface area (Å²) in [4.78, 5) is 31.4. The highest BCUT2D eigenvalue weighted by atomic mass is 16.2. The SMILES string of the molecule is Cc1ccccc1C(=O)N1CCCC(N2C(=O)c3c(c(C)nn3-c3ccccc3)C2C2CC2)C1. The van der Waals surface area contributed by atoms with Crippen molar-refractivity contribution < 1.29 is 9.59 Å². The summed E-state index contributed by atoms with van der Waals surface area (Å²) in [5.74, 6) is 0.618. The van der Waals surface area contributed by atoms with Gasteiger partial charge in [0, 0.05) is 24.2 Å². The molecular formula is C28H30N4O2. The fourth-order valence-corrected chi connectivity index (χ4v) is 5.86. The number of aryl methyl sites for hydroxylation is 2. The molecule has 2 aliphatic heterocycles. The number of likely N-dealkylation sites (tertiary alicyclic amines) is 1. The van der Waals surface area contributed by atoms with Crippen molar-refractivity contribution in [1.82, 2.24) is 19.6 Å². The van der Waals surface area contributed by atoms with E-state index < -0.39 is 0 Å². The van der Waals surface area contributed by atoms with Crippen LogP contribution in [0.4, 0.5) is 0 Å². The maximum absolute atomic E-state index is 14.0. The highest BCUT2D eigenvalue weighted by molar-refractivity contribution is 5.99. The number of para-hydroxylation sites is 1. The smallest absolute Gasteiger partial charge is 0.273 e. The minimum atomic E-state index is 0.0239. The topological polar surface area (TPSA) is 58.4 Å². The van der Waals surface area contributed by atoms with Gasteiger partial charge in [-0.1, -0.05) is 36.4 Å². The van der Waals surface area contributed by atoms with Crippen molar-refractivity contribution in [3.63, 3.8) is 0 Å². The lowest BCUT2D eigenvalue weighted by Gasteiger charge is -2.40. The molecule has 0 radical (unpaired) electrons. The van der Waals surface area contributed by atoms with E-state index in [9.17, 15) is 9.59 Å². The molecule has 34 heavy (non-hydrogen) atoms. The van der Waals surface area contributed by atoms with Gasteiger partial charge in [0.2, 0.25) is 0 Å². The third-order valence-corrected chi connectivity index (χ3v) is 7.66. The second-order valence-electron chi connectivity index (χ2n) is 9.95. The molecular weight excluding hydrogens is 424 g/mol. The fraction of sp³-hybridized carbons (Fsp3) is 0.393. The zero-order valence-electron chi connectivity index (χ0n) is 19.8. The van der Waals surface area contributed by atoms with Gasteiger partial charge in [-0.15, -0.1) is 0 Å². The van der Waals surface area contributed by atoms with Gasteiger partial charge in [0.05, 0.1) is 23.5 Å². The lowest BCUT2D eigenvalue weighted by atomic mass is 9.98. The van der Waals surface area contributed by atoms with E-state index in [-0.39, 0.29) is 23.9 Å². The Bertz CT molecular complexity index is 1260. The zero-order chi connectivity index (χ0) is 23.4. The lowest BCUT2D eigenvalue weighted by molar-refractivity contribution is 0.0374. The van der Waals surface area contributed by atoms with Crippen molar-refractivity contribution in [2.45, 2.75) is 51.6 Å². The van der Waals surface area contributed by atoms with Crippen LogP contribution in [0.1, 0.15) is 69.4 Å². The van der Waals surface area contributed by atoms with Crippen molar-refractivity contribution in [2.24, 2.45) is 5.92 Å². The van der Waals surface area contributed by atoms with Gasteiger partial charge in [-0.2, -0.15) is 5.10 Å². The molecule has 2 atom stereocenters. The Hall–Kier alpha value is -3.41. The van der Waals surface area contributed by atoms with Gasteiger partial charge >= 0.3 is 0 Å². The van der Waals surface area contributed by atoms with Crippen LogP contribution < -0.4 is 0 Å². The molecule has 174 valence electrons. The fourth-order valence-electron chi connectivity index (χ4n) is 5.86. The summed E-state index contributed by atoms with van der Waals surface area (Å²) in [6, 6.07) is 17.8. The van der Waals surface area contributed by atoms with Crippen LogP contribution >= 0.6 is 0 Å². The summed E-state index contributed by atoms with van der Waals surface area (Å²) < 4.78 is 1.83. The number of rotatable bonds is 4. The summed E-state index contributed by atoms with van der Waals surface area (Å²) in [5, 5.41) is 4.79. The minimum Gasteiger partial charge on any atom is -0.337 e. The van der Waals surface area contributed by atoms with E-state index in [1.165, 1.54) is 0 Å². The molecule has 2 unspecified atom stereocenters. The summed E-state index contributed by atoms with van der Waals surface area (Å²) in [6.07, 6.45) is 4.11. The third-order valence-electron chi connectivity index (χ3n) is 7.66. The van der Waals surface area contributed by atoms with Crippen LogP contribution in [0, 0.1) is 19.8 Å². The molecule has 6 heteroatoms. The highest BCUT2D eigenvalue weighted by Gasteiger charge is 2.51. The van der Waals surface area contributed by atoms with E-state index in [0.29, 0.717) is 18.2 Å². The number of nitrogens with zero attached hydrogens (tertiary/aromatic N) is 4. The van der Waals surface area contributed by atoms with Gasteiger partial charge in [-0.05, 0) is 69.2 Å². The van der Waals surface area contributed by atoms with E-state index in [2.05, 4.69) is 4.90 Å². The Morgan fingerprint density at radius 1 is 0.971 bits per heavy atom. The summed E-state index contributed by atoms with van der Waals surface area (Å²) in [6.45, 7) is 5.34. The van der Waals surface area contributed by atoms with Crippen LogP contribution in [0.2, 0.25) is 0 Å². The Kier molecular flexibility index (Phi) is 5.05. The first-order valence-corrected chi connectivity index (χ1v) is 12.4. The molecule has 3 aliphatic rings. The lowest BCUT2D eigenvalue weighted by Crippen LogP contribution is -2.51. The predicted octanol–water partition coefficient (Wildman–Crippen LogP) is 4.70. The number of amides is 2. The van der Waals surface area contributed by atoms with E-state index in [0.717, 1.165) is 60.3 Å². The van der Waals surface area contributed by atoms with E-state index in [4.69, 9.17) is 5.10 Å². The van der Waals surface area contributed by atoms with Gasteiger partial charge < -0.3 is 9.80 Å². The number of aromatic nitrogens is 2. The van der Waals surface area contributed by atoms with Crippen LogP contribution in [-0.2, 0) is 0 Å². The Morgan fingerprint density at radius 3 is 2.44 bits per heavy atom. The Balaban J connectivity index is 1.34. The molecule has 3 heterocycles. The van der Waals surface area contributed by atoms with Gasteiger partial charge in [-0.3, -0.25) is 9.59 Å². The molecule has 2 amide bonds. The number of benzene rings is 2. The summed E-state index contributed by atoms with van der Waals surface area (Å²) in [5.41, 5.74) is 5.41. The normalized spacial score (nSPS) is 22.2. The van der Waals surface area contributed by atoms with Crippen LogP contribution in [-0.4, -0.2) is 50.5 Å². The monoisotopic (exact) mass is 454 g/mol. The zero-order valence-corrected chi connectivity index (χ0v) is 19.8. The molecule has 3 aromatic rings. The first-order chi connectivity index (χ1) is 16.5. The van der Waals surface area contributed by atoms with Gasteiger partial charge in [0.15, 0.2) is 0 Å². The number of fused-ring (bicyclic) bond motifs is 1. The van der Waals surface area contributed by atoms with Crippen molar-refractivity contribution in [3.05, 3.63) is 82.7 Å². The number of hydrogen-bond donors (Lipinski definition) is 0. The largest absolute Gasteiger partial charge is 0.337 e. The molecule has 0 bridgehead atoms. The predicted molar refractivity (Wildman–Crippen MR) is 130 cm³/mol. The van der Waals surface area contributed by atoms with Gasteiger partial charge in [0.25, 0.3) is 11.8 Å². The molecule has 1 saturated carbocycles. The average Bonchev–Trinajstić information content (AvgIpc) is 3.58. The minimum absolute atomic E-state index is 0.0239. The third kappa shape index (κ3) is 3.35. The molecule has 1 saturated heterocycles. The van der Waals surface area contributed by atoms with Crippen molar-refractivity contribution in [2.75, 3.05) is 13.1 Å². The molecule has 1 aromatic heterocycles. The average molecular weight is 455 g/mol. The summed E-state index contributed by atoms with van der Waals surface area (Å²) >= 11 is 0. The molecule has 0 N–H and O–H groups in total. The van der Waals surface area contributed by atoms with Crippen LogP contribution in [0.25, 0.3) is 5.69 Å². The molecule has 1 aliphatic carbocycles. The Morgan fingerprint density at radius 2 is 1.71 bits per heavy atom. The number of carbonyl (C=O) groups excluding carboxylic acids is 2. The standard InChI is InChI=1S/C28H30N4O2/c1-18-9-6-7-13-23(18)27(33)30-16-8-12-22(17-30)31-25(20-14-15-20)24-19(2)29-32(26(24)28(31)34)21-10-4-3-5-11-21/h3-7,9-11,13,20,22,25H,8,12,14-17H2,1-2H3. The van der Waals surface area contributed by atoms with Gasteiger partial charge in [-0.25, -0.2) is 4.68 Å². The maximum Gasteiger partial charge on any atom is 0.273 e. The quantitative estimate of drug-likeness (QED) is 0.574. The molecule has 0 spiro atoms. The van der Waals surface area contributed by atoms with Crippen LogP contribution in [0.15, 0.2) is 54.6 Å². The first kappa shape index (κ1) is 21.1.